The molecule has 0 saturated heterocycles. The number of hydrogen-bond donors (Lipinski definition) is 1. The summed E-state index contributed by atoms with van der Waals surface area (Å²) >= 11 is 1.67. The highest BCUT2D eigenvalue weighted by molar-refractivity contribution is 7.07. The normalized spacial score (nSPS) is 10.8. The fraction of sp³-hybridized carbons (Fsp3) is 0.267. The molecule has 0 spiro atoms. The summed E-state index contributed by atoms with van der Waals surface area (Å²) in [7, 11) is 3.73. The van der Waals surface area contributed by atoms with Crippen LogP contribution in [0.15, 0.2) is 41.1 Å². The van der Waals surface area contributed by atoms with Gasteiger partial charge in [-0.1, -0.05) is 0 Å². The first kappa shape index (κ1) is 14.6. The first-order chi connectivity index (χ1) is 9.56. The van der Waals surface area contributed by atoms with Crippen LogP contribution in [0, 0.1) is 0 Å². The number of nitrogens with two attached hydrogens (primary N) is 1. The molecule has 0 unspecified atom stereocenters. The number of thiophene rings is 1. The van der Waals surface area contributed by atoms with Crippen LogP contribution in [0.5, 0.6) is 0 Å². The number of nitrogen functional groups attached to an aromatic ring is 1. The van der Waals surface area contributed by atoms with Gasteiger partial charge in [-0.3, -0.25) is 9.69 Å². The number of benzene rings is 1. The zero-order chi connectivity index (χ0) is 14.5. The minimum Gasteiger partial charge on any atom is -0.399 e. The van der Waals surface area contributed by atoms with Gasteiger partial charge in [0.1, 0.15) is 0 Å². The van der Waals surface area contributed by atoms with Crippen molar-refractivity contribution in [2.45, 2.75) is 6.54 Å². The number of carbonyl (C=O) groups is 1. The highest BCUT2D eigenvalue weighted by Gasteiger charge is 2.13. The molecule has 0 saturated carbocycles. The van der Waals surface area contributed by atoms with E-state index in [4.69, 9.17) is 5.73 Å². The molecule has 0 aliphatic heterocycles. The topological polar surface area (TPSA) is 49.6 Å². The number of anilines is 2. The van der Waals surface area contributed by atoms with Crippen molar-refractivity contribution in [1.29, 1.82) is 0 Å². The Morgan fingerprint density at radius 1 is 1.20 bits per heavy atom. The van der Waals surface area contributed by atoms with Crippen molar-refractivity contribution in [3.63, 3.8) is 0 Å². The molecule has 0 atom stereocenters. The molecule has 1 aromatic carbocycles. The second kappa shape index (κ2) is 6.54. The molecule has 2 N–H and O–H groups in total. The van der Waals surface area contributed by atoms with Gasteiger partial charge in [-0.2, -0.15) is 11.3 Å². The smallest absolute Gasteiger partial charge is 0.240 e. The third-order valence-corrected chi connectivity index (χ3v) is 3.82. The van der Waals surface area contributed by atoms with Crippen LogP contribution in [0.2, 0.25) is 0 Å². The lowest BCUT2D eigenvalue weighted by atomic mass is 10.2. The minimum atomic E-state index is 0.0625. The first-order valence-electron chi connectivity index (χ1n) is 6.38. The monoisotopic (exact) mass is 289 g/mol. The first-order valence-corrected chi connectivity index (χ1v) is 7.32. The van der Waals surface area contributed by atoms with Crippen molar-refractivity contribution in [2.24, 2.45) is 0 Å². The van der Waals surface area contributed by atoms with E-state index in [0.29, 0.717) is 12.2 Å². The standard InChI is InChI=1S/C15H19N3OS/c1-17(9-12-7-8-20-11-12)10-15(19)18(2)14-5-3-13(16)4-6-14/h3-8,11H,9-10,16H2,1-2H3. The van der Waals surface area contributed by atoms with Gasteiger partial charge < -0.3 is 10.6 Å². The van der Waals surface area contributed by atoms with E-state index >= 15 is 0 Å². The van der Waals surface area contributed by atoms with Crippen LogP contribution in [0.3, 0.4) is 0 Å². The average Bonchev–Trinajstić information content (AvgIpc) is 2.91. The highest BCUT2D eigenvalue weighted by atomic mass is 32.1. The number of rotatable bonds is 5. The van der Waals surface area contributed by atoms with E-state index < -0.39 is 0 Å². The Labute approximate surface area is 123 Å². The lowest BCUT2D eigenvalue weighted by Crippen LogP contribution is -2.36. The lowest BCUT2D eigenvalue weighted by molar-refractivity contribution is -0.119. The number of hydrogen-bond acceptors (Lipinski definition) is 4. The molecule has 1 aromatic heterocycles. The number of nitrogens with zero attached hydrogens (tertiary/aromatic N) is 2. The zero-order valence-corrected chi connectivity index (χ0v) is 12.6. The fourth-order valence-corrected chi connectivity index (χ4v) is 2.59. The molecule has 106 valence electrons. The maximum atomic E-state index is 12.2. The molecule has 0 aliphatic carbocycles. The third kappa shape index (κ3) is 3.82. The summed E-state index contributed by atoms with van der Waals surface area (Å²) in [5, 5.41) is 4.15. The van der Waals surface area contributed by atoms with E-state index in [2.05, 4.69) is 11.4 Å². The maximum absolute atomic E-state index is 12.2. The Kier molecular flexibility index (Phi) is 4.76. The van der Waals surface area contributed by atoms with Crippen molar-refractivity contribution >= 4 is 28.6 Å². The molecule has 4 nitrogen and oxygen atoms in total. The van der Waals surface area contributed by atoms with Gasteiger partial charge in [0.25, 0.3) is 0 Å². The summed E-state index contributed by atoms with van der Waals surface area (Å²) in [6.45, 7) is 1.17. The van der Waals surface area contributed by atoms with Gasteiger partial charge in [0.15, 0.2) is 0 Å². The quantitative estimate of drug-likeness (QED) is 0.860. The molecular formula is C15H19N3OS. The molecule has 0 radical (unpaired) electrons. The Morgan fingerprint density at radius 3 is 2.50 bits per heavy atom. The van der Waals surface area contributed by atoms with E-state index in [0.717, 1.165) is 12.2 Å². The van der Waals surface area contributed by atoms with Gasteiger partial charge in [0.2, 0.25) is 5.91 Å². The van der Waals surface area contributed by atoms with E-state index in [1.54, 1.807) is 35.4 Å². The summed E-state index contributed by atoms with van der Waals surface area (Å²) in [6.07, 6.45) is 0. The van der Waals surface area contributed by atoms with Gasteiger partial charge in [0.05, 0.1) is 6.54 Å². The summed E-state index contributed by atoms with van der Waals surface area (Å²) in [4.78, 5) is 15.9. The summed E-state index contributed by atoms with van der Waals surface area (Å²) < 4.78 is 0. The molecule has 20 heavy (non-hydrogen) atoms. The third-order valence-electron chi connectivity index (χ3n) is 3.09. The molecule has 0 aliphatic rings. The Balaban J connectivity index is 1.92. The van der Waals surface area contributed by atoms with Gasteiger partial charge in [0, 0.05) is 25.0 Å². The Bertz CT molecular complexity index is 551. The predicted octanol–water partition coefficient (Wildman–Crippen LogP) is 2.43. The van der Waals surface area contributed by atoms with Crippen LogP contribution in [0.25, 0.3) is 0 Å². The van der Waals surface area contributed by atoms with Gasteiger partial charge in [-0.15, -0.1) is 0 Å². The molecule has 5 heteroatoms. The van der Waals surface area contributed by atoms with Gasteiger partial charge >= 0.3 is 0 Å². The van der Waals surface area contributed by atoms with Crippen molar-refractivity contribution in [3.05, 3.63) is 46.7 Å². The SMILES string of the molecule is CN(CC(=O)N(C)c1ccc(N)cc1)Cc1ccsc1. The van der Waals surface area contributed by atoms with Crippen LogP contribution >= 0.6 is 11.3 Å². The molecule has 0 bridgehead atoms. The van der Waals surface area contributed by atoms with E-state index in [-0.39, 0.29) is 5.91 Å². The molecule has 2 aromatic rings. The van der Waals surface area contributed by atoms with E-state index in [1.165, 1.54) is 5.56 Å². The van der Waals surface area contributed by atoms with Crippen LogP contribution in [0.4, 0.5) is 11.4 Å². The molecule has 2 rings (SSSR count). The number of likely N-dealkylation sites (N-methyl/N-ethyl adjacent to an activating group) is 2. The van der Waals surface area contributed by atoms with Crippen LogP contribution in [-0.2, 0) is 11.3 Å². The molecular weight excluding hydrogens is 270 g/mol. The number of carbonyl (C=O) groups excluding carboxylic acids is 1. The summed E-state index contributed by atoms with van der Waals surface area (Å²) in [5.41, 5.74) is 8.44. The van der Waals surface area contributed by atoms with Crippen molar-refractivity contribution in [2.75, 3.05) is 31.3 Å². The summed E-state index contributed by atoms with van der Waals surface area (Å²) in [6, 6.07) is 9.38. The largest absolute Gasteiger partial charge is 0.399 e. The second-order valence-electron chi connectivity index (χ2n) is 4.85. The van der Waals surface area contributed by atoms with Gasteiger partial charge in [-0.05, 0) is 53.7 Å². The Hall–Kier alpha value is -1.85. The lowest BCUT2D eigenvalue weighted by Gasteiger charge is -2.21. The predicted molar refractivity (Wildman–Crippen MR) is 84.9 cm³/mol. The highest BCUT2D eigenvalue weighted by Crippen LogP contribution is 2.15. The van der Waals surface area contributed by atoms with Crippen LogP contribution in [-0.4, -0.2) is 31.4 Å². The minimum absolute atomic E-state index is 0.0625. The Morgan fingerprint density at radius 2 is 1.90 bits per heavy atom. The fourth-order valence-electron chi connectivity index (χ4n) is 1.93. The molecule has 1 heterocycles. The average molecular weight is 289 g/mol. The van der Waals surface area contributed by atoms with E-state index in [9.17, 15) is 4.79 Å². The molecule has 0 fully saturated rings. The molecule has 1 amide bonds. The second-order valence-corrected chi connectivity index (χ2v) is 5.63. The number of amides is 1. The zero-order valence-electron chi connectivity index (χ0n) is 11.7. The van der Waals surface area contributed by atoms with Crippen molar-refractivity contribution < 1.29 is 4.79 Å². The summed E-state index contributed by atoms with van der Waals surface area (Å²) in [5.74, 6) is 0.0625. The van der Waals surface area contributed by atoms with Crippen molar-refractivity contribution in [1.82, 2.24) is 4.90 Å². The maximum Gasteiger partial charge on any atom is 0.240 e. The van der Waals surface area contributed by atoms with Crippen molar-refractivity contribution in [3.8, 4) is 0 Å². The van der Waals surface area contributed by atoms with Crippen LogP contribution in [0.1, 0.15) is 5.56 Å². The van der Waals surface area contributed by atoms with Gasteiger partial charge in [-0.25, -0.2) is 0 Å². The van der Waals surface area contributed by atoms with Crippen LogP contribution < -0.4 is 10.6 Å². The van der Waals surface area contributed by atoms with E-state index in [1.807, 2.05) is 29.5 Å².